The summed E-state index contributed by atoms with van der Waals surface area (Å²) in [6.07, 6.45) is 4.35. The van der Waals surface area contributed by atoms with Crippen LogP contribution in [-0.4, -0.2) is 33.2 Å². The standard InChI is InChI=1S/C22H24N4O/c1-2-25-15-19-11-7-6-10-18(19)12-21(25)22(27)24-20-13-23-26(16-20)14-17-8-4-3-5-9-17/h3-11,13,16,21H,2,12,14-15H2,1H3,(H,24,27). The van der Waals surface area contributed by atoms with E-state index in [1.807, 2.05) is 35.1 Å². The van der Waals surface area contributed by atoms with Crippen molar-refractivity contribution >= 4 is 11.6 Å². The number of nitrogens with zero attached hydrogens (tertiary/aromatic N) is 3. The largest absolute Gasteiger partial charge is 0.322 e. The molecular weight excluding hydrogens is 336 g/mol. The van der Waals surface area contributed by atoms with Crippen molar-refractivity contribution in [2.45, 2.75) is 32.5 Å². The zero-order valence-electron chi connectivity index (χ0n) is 15.5. The Hall–Kier alpha value is -2.92. The SMILES string of the molecule is CCN1Cc2ccccc2CC1C(=O)Nc1cnn(Cc2ccccc2)c1. The van der Waals surface area contributed by atoms with E-state index in [9.17, 15) is 4.79 Å². The second-order valence-electron chi connectivity index (χ2n) is 6.95. The van der Waals surface area contributed by atoms with Gasteiger partial charge in [-0.05, 0) is 29.7 Å². The summed E-state index contributed by atoms with van der Waals surface area (Å²) in [5.41, 5.74) is 4.51. The van der Waals surface area contributed by atoms with Crippen molar-refractivity contribution in [3.63, 3.8) is 0 Å². The molecule has 0 radical (unpaired) electrons. The number of fused-ring (bicyclic) bond motifs is 1. The molecule has 0 fully saturated rings. The Morgan fingerprint density at radius 1 is 1.11 bits per heavy atom. The van der Waals surface area contributed by atoms with Gasteiger partial charge in [0.25, 0.3) is 0 Å². The Morgan fingerprint density at radius 3 is 2.63 bits per heavy atom. The first-order chi connectivity index (χ1) is 13.2. The molecule has 27 heavy (non-hydrogen) atoms. The van der Waals surface area contributed by atoms with Gasteiger partial charge < -0.3 is 5.32 Å². The Kier molecular flexibility index (Phi) is 5.03. The van der Waals surface area contributed by atoms with E-state index >= 15 is 0 Å². The Morgan fingerprint density at radius 2 is 1.85 bits per heavy atom. The van der Waals surface area contributed by atoms with E-state index in [1.54, 1.807) is 6.20 Å². The average Bonchev–Trinajstić information content (AvgIpc) is 3.14. The monoisotopic (exact) mass is 360 g/mol. The molecule has 0 aliphatic carbocycles. The summed E-state index contributed by atoms with van der Waals surface area (Å²) in [7, 11) is 0. The number of benzene rings is 2. The summed E-state index contributed by atoms with van der Waals surface area (Å²) < 4.78 is 1.85. The Labute approximate surface area is 159 Å². The molecule has 0 saturated carbocycles. The van der Waals surface area contributed by atoms with Crippen LogP contribution in [0.25, 0.3) is 0 Å². The van der Waals surface area contributed by atoms with Gasteiger partial charge >= 0.3 is 0 Å². The lowest BCUT2D eigenvalue weighted by Gasteiger charge is -2.35. The lowest BCUT2D eigenvalue weighted by atomic mass is 9.93. The minimum Gasteiger partial charge on any atom is -0.322 e. The first kappa shape index (κ1) is 17.5. The quantitative estimate of drug-likeness (QED) is 0.759. The number of hydrogen-bond acceptors (Lipinski definition) is 3. The highest BCUT2D eigenvalue weighted by molar-refractivity contribution is 5.95. The minimum atomic E-state index is -0.151. The number of anilines is 1. The molecule has 4 rings (SSSR count). The van der Waals surface area contributed by atoms with Crippen LogP contribution in [0.2, 0.25) is 0 Å². The van der Waals surface area contributed by atoms with Crippen molar-refractivity contribution < 1.29 is 4.79 Å². The third-order valence-electron chi connectivity index (χ3n) is 5.14. The van der Waals surface area contributed by atoms with Crippen LogP contribution in [0.1, 0.15) is 23.6 Å². The molecule has 0 bridgehead atoms. The molecule has 1 unspecified atom stereocenters. The Bertz CT molecular complexity index is 919. The van der Waals surface area contributed by atoms with Crippen LogP contribution in [0, 0.1) is 0 Å². The normalized spacial score (nSPS) is 16.7. The van der Waals surface area contributed by atoms with E-state index in [0.717, 1.165) is 25.2 Å². The van der Waals surface area contributed by atoms with E-state index in [0.29, 0.717) is 6.54 Å². The van der Waals surface area contributed by atoms with Crippen molar-refractivity contribution in [3.8, 4) is 0 Å². The summed E-state index contributed by atoms with van der Waals surface area (Å²) in [5, 5.41) is 7.42. The first-order valence-corrected chi connectivity index (χ1v) is 9.41. The van der Waals surface area contributed by atoms with E-state index < -0.39 is 0 Å². The molecule has 1 aliphatic heterocycles. The lowest BCUT2D eigenvalue weighted by molar-refractivity contribution is -0.121. The highest BCUT2D eigenvalue weighted by Gasteiger charge is 2.30. The van der Waals surface area contributed by atoms with Crippen LogP contribution < -0.4 is 5.32 Å². The minimum absolute atomic E-state index is 0.0330. The van der Waals surface area contributed by atoms with Gasteiger partial charge in [0.2, 0.25) is 5.91 Å². The number of likely N-dealkylation sites (N-methyl/N-ethyl adjacent to an activating group) is 1. The topological polar surface area (TPSA) is 50.2 Å². The predicted octanol–water partition coefficient (Wildman–Crippen LogP) is 3.32. The second kappa shape index (κ2) is 7.76. The van der Waals surface area contributed by atoms with Gasteiger partial charge in [-0.1, -0.05) is 61.5 Å². The fourth-order valence-corrected chi connectivity index (χ4v) is 3.68. The van der Waals surface area contributed by atoms with Gasteiger partial charge in [0.1, 0.15) is 0 Å². The van der Waals surface area contributed by atoms with E-state index in [-0.39, 0.29) is 11.9 Å². The van der Waals surface area contributed by atoms with Crippen molar-refractivity contribution in [1.82, 2.24) is 14.7 Å². The van der Waals surface area contributed by atoms with Crippen LogP contribution in [0.3, 0.4) is 0 Å². The van der Waals surface area contributed by atoms with Crippen LogP contribution >= 0.6 is 0 Å². The fraction of sp³-hybridized carbons (Fsp3) is 0.273. The molecule has 5 heteroatoms. The van der Waals surface area contributed by atoms with Crippen LogP contribution in [0.4, 0.5) is 5.69 Å². The van der Waals surface area contributed by atoms with Gasteiger partial charge in [0.05, 0.1) is 24.5 Å². The zero-order valence-corrected chi connectivity index (χ0v) is 15.5. The van der Waals surface area contributed by atoms with Crippen molar-refractivity contribution in [1.29, 1.82) is 0 Å². The summed E-state index contributed by atoms with van der Waals surface area (Å²) in [6, 6.07) is 18.4. The molecule has 2 aromatic carbocycles. The van der Waals surface area contributed by atoms with Crippen LogP contribution in [-0.2, 0) is 24.3 Å². The summed E-state index contributed by atoms with van der Waals surface area (Å²) in [4.78, 5) is 15.2. The first-order valence-electron chi connectivity index (χ1n) is 9.41. The third-order valence-corrected chi connectivity index (χ3v) is 5.14. The molecule has 0 spiro atoms. The van der Waals surface area contributed by atoms with Gasteiger partial charge in [-0.2, -0.15) is 5.10 Å². The van der Waals surface area contributed by atoms with Gasteiger partial charge in [0.15, 0.2) is 0 Å². The number of carbonyl (C=O) groups is 1. The van der Waals surface area contributed by atoms with Gasteiger partial charge in [-0.15, -0.1) is 0 Å². The molecule has 5 nitrogen and oxygen atoms in total. The van der Waals surface area contributed by atoms with Crippen molar-refractivity contribution in [2.75, 3.05) is 11.9 Å². The molecule has 138 valence electrons. The number of rotatable bonds is 5. The molecule has 1 aromatic heterocycles. The average molecular weight is 360 g/mol. The molecule has 1 atom stereocenters. The summed E-state index contributed by atoms with van der Waals surface area (Å²) in [6.45, 7) is 4.46. The molecule has 2 heterocycles. The number of aromatic nitrogens is 2. The smallest absolute Gasteiger partial charge is 0.242 e. The van der Waals surface area contributed by atoms with E-state index in [4.69, 9.17) is 0 Å². The molecular formula is C22H24N4O. The van der Waals surface area contributed by atoms with Gasteiger partial charge in [-0.3, -0.25) is 14.4 Å². The van der Waals surface area contributed by atoms with Gasteiger partial charge in [0, 0.05) is 12.7 Å². The number of carbonyl (C=O) groups excluding carboxylic acids is 1. The molecule has 1 amide bonds. The molecule has 1 aliphatic rings. The third kappa shape index (κ3) is 3.93. The van der Waals surface area contributed by atoms with E-state index in [2.05, 4.69) is 52.6 Å². The highest BCUT2D eigenvalue weighted by atomic mass is 16.2. The van der Waals surface area contributed by atoms with Crippen LogP contribution in [0.5, 0.6) is 0 Å². The number of hydrogen-bond donors (Lipinski definition) is 1. The maximum atomic E-state index is 12.9. The highest BCUT2D eigenvalue weighted by Crippen LogP contribution is 2.24. The van der Waals surface area contributed by atoms with Crippen LogP contribution in [0.15, 0.2) is 67.0 Å². The lowest BCUT2D eigenvalue weighted by Crippen LogP contribution is -2.47. The van der Waals surface area contributed by atoms with Crippen molar-refractivity contribution in [3.05, 3.63) is 83.7 Å². The maximum Gasteiger partial charge on any atom is 0.242 e. The Balaban J connectivity index is 1.44. The van der Waals surface area contributed by atoms with Gasteiger partial charge in [-0.25, -0.2) is 0 Å². The number of nitrogens with one attached hydrogen (secondary N) is 1. The second-order valence-corrected chi connectivity index (χ2v) is 6.95. The predicted molar refractivity (Wildman–Crippen MR) is 106 cm³/mol. The summed E-state index contributed by atoms with van der Waals surface area (Å²) in [5.74, 6) is 0.0330. The maximum absolute atomic E-state index is 12.9. The number of amides is 1. The molecule has 3 aromatic rings. The van der Waals surface area contributed by atoms with E-state index in [1.165, 1.54) is 16.7 Å². The molecule has 0 saturated heterocycles. The fourth-order valence-electron chi connectivity index (χ4n) is 3.68. The van der Waals surface area contributed by atoms with Crippen molar-refractivity contribution in [2.24, 2.45) is 0 Å². The molecule has 1 N–H and O–H groups in total. The summed E-state index contributed by atoms with van der Waals surface area (Å²) >= 11 is 0. The zero-order chi connectivity index (χ0) is 18.6.